The maximum atomic E-state index is 5.75. The minimum absolute atomic E-state index is 0.150. The number of aromatic nitrogens is 1. The van der Waals surface area contributed by atoms with Crippen molar-refractivity contribution < 1.29 is 4.74 Å². The number of hydrogen-bond donors (Lipinski definition) is 2. The van der Waals surface area contributed by atoms with Gasteiger partial charge in [-0.15, -0.1) is 0 Å². The van der Waals surface area contributed by atoms with Gasteiger partial charge >= 0.3 is 0 Å². The summed E-state index contributed by atoms with van der Waals surface area (Å²) in [6.07, 6.45) is 6.76. The largest absolute Gasteiger partial charge is 0.377 e. The fraction of sp³-hybridized carbons (Fsp3) is 0.615. The Hall–Kier alpha value is -0.970. The molecular formula is C13H23N3O. The molecule has 0 fully saturated rings. The lowest BCUT2D eigenvalue weighted by atomic mass is 9.99. The Morgan fingerprint density at radius 1 is 1.35 bits per heavy atom. The van der Waals surface area contributed by atoms with Crippen LogP contribution in [0.25, 0.3) is 0 Å². The molecule has 0 bridgehead atoms. The van der Waals surface area contributed by atoms with Gasteiger partial charge in [0.1, 0.15) is 0 Å². The van der Waals surface area contributed by atoms with E-state index in [0.717, 1.165) is 25.9 Å². The number of ether oxygens (including phenoxy) is 1. The first-order chi connectivity index (χ1) is 8.31. The Balaban J connectivity index is 2.61. The summed E-state index contributed by atoms with van der Waals surface area (Å²) in [5, 5.41) is 0. The molecule has 2 unspecified atom stereocenters. The van der Waals surface area contributed by atoms with Gasteiger partial charge in [-0.2, -0.15) is 0 Å². The van der Waals surface area contributed by atoms with Crippen LogP contribution in [0.15, 0.2) is 24.5 Å². The quantitative estimate of drug-likeness (QED) is 0.533. The van der Waals surface area contributed by atoms with Gasteiger partial charge in [-0.25, -0.2) is 0 Å². The number of pyridine rings is 1. The molecule has 0 aromatic carbocycles. The van der Waals surface area contributed by atoms with Crippen molar-refractivity contribution in [3.63, 3.8) is 0 Å². The van der Waals surface area contributed by atoms with Gasteiger partial charge in [0.15, 0.2) is 0 Å². The van der Waals surface area contributed by atoms with Gasteiger partial charge < -0.3 is 4.74 Å². The summed E-state index contributed by atoms with van der Waals surface area (Å²) in [5.41, 5.74) is 4.10. The van der Waals surface area contributed by atoms with E-state index in [4.69, 9.17) is 10.6 Å². The Bertz CT molecular complexity index is 286. The highest BCUT2D eigenvalue weighted by Gasteiger charge is 2.20. The summed E-state index contributed by atoms with van der Waals surface area (Å²) in [6, 6.07) is 4.18. The zero-order chi connectivity index (χ0) is 12.5. The normalized spacial score (nSPS) is 14.5. The zero-order valence-electron chi connectivity index (χ0n) is 10.7. The average Bonchev–Trinajstić information content (AvgIpc) is 2.37. The van der Waals surface area contributed by atoms with E-state index in [1.54, 1.807) is 12.4 Å². The predicted octanol–water partition coefficient (Wildman–Crippen LogP) is 1.66. The first-order valence-electron chi connectivity index (χ1n) is 6.28. The van der Waals surface area contributed by atoms with Crippen molar-refractivity contribution >= 4 is 0 Å². The van der Waals surface area contributed by atoms with Crippen molar-refractivity contribution in [1.82, 2.24) is 10.4 Å². The standard InChI is InChI=1S/C13H23N3O/c1-3-5-13(17-4-2)12(16-14)10-11-6-8-15-9-7-11/h6-9,12-13,16H,3-5,10,14H2,1-2H3. The molecule has 2 atom stereocenters. The van der Waals surface area contributed by atoms with Crippen molar-refractivity contribution in [2.45, 2.75) is 45.3 Å². The van der Waals surface area contributed by atoms with Crippen molar-refractivity contribution in [1.29, 1.82) is 0 Å². The van der Waals surface area contributed by atoms with Crippen molar-refractivity contribution in [3.05, 3.63) is 30.1 Å². The molecule has 0 aliphatic rings. The molecular weight excluding hydrogens is 214 g/mol. The molecule has 3 N–H and O–H groups in total. The van der Waals surface area contributed by atoms with Gasteiger partial charge in [-0.05, 0) is 37.5 Å². The van der Waals surface area contributed by atoms with Gasteiger partial charge in [0, 0.05) is 19.0 Å². The van der Waals surface area contributed by atoms with Crippen LogP contribution in [0.3, 0.4) is 0 Å². The molecule has 1 aromatic rings. The minimum Gasteiger partial charge on any atom is -0.377 e. The fourth-order valence-corrected chi connectivity index (χ4v) is 1.97. The van der Waals surface area contributed by atoms with E-state index in [9.17, 15) is 0 Å². The van der Waals surface area contributed by atoms with Crippen LogP contribution >= 0.6 is 0 Å². The van der Waals surface area contributed by atoms with E-state index < -0.39 is 0 Å². The highest BCUT2D eigenvalue weighted by Crippen LogP contribution is 2.12. The monoisotopic (exact) mass is 237 g/mol. The summed E-state index contributed by atoms with van der Waals surface area (Å²) < 4.78 is 5.75. The Morgan fingerprint density at radius 3 is 2.59 bits per heavy atom. The van der Waals surface area contributed by atoms with Crippen LogP contribution in [-0.4, -0.2) is 23.7 Å². The number of nitrogens with zero attached hydrogens (tertiary/aromatic N) is 1. The molecule has 1 heterocycles. The van der Waals surface area contributed by atoms with Crippen LogP contribution in [0, 0.1) is 0 Å². The summed E-state index contributed by atoms with van der Waals surface area (Å²) in [4.78, 5) is 4.01. The first kappa shape index (κ1) is 14.1. The van der Waals surface area contributed by atoms with E-state index in [0.29, 0.717) is 0 Å². The smallest absolute Gasteiger partial charge is 0.0744 e. The lowest BCUT2D eigenvalue weighted by Gasteiger charge is -2.26. The van der Waals surface area contributed by atoms with E-state index in [2.05, 4.69) is 17.3 Å². The molecule has 1 rings (SSSR count). The fourth-order valence-electron chi connectivity index (χ4n) is 1.97. The molecule has 96 valence electrons. The number of rotatable bonds is 8. The second-order valence-corrected chi connectivity index (χ2v) is 4.12. The van der Waals surface area contributed by atoms with Crippen molar-refractivity contribution in [2.75, 3.05) is 6.61 Å². The minimum atomic E-state index is 0.150. The summed E-state index contributed by atoms with van der Waals surface area (Å²) in [5.74, 6) is 5.64. The average molecular weight is 237 g/mol. The zero-order valence-corrected chi connectivity index (χ0v) is 10.7. The first-order valence-corrected chi connectivity index (χ1v) is 6.28. The third-order valence-electron chi connectivity index (χ3n) is 2.82. The molecule has 4 heteroatoms. The summed E-state index contributed by atoms with van der Waals surface area (Å²) in [7, 11) is 0. The molecule has 0 spiro atoms. The van der Waals surface area contributed by atoms with Crippen LogP contribution < -0.4 is 11.3 Å². The van der Waals surface area contributed by atoms with Crippen LogP contribution in [0.5, 0.6) is 0 Å². The maximum absolute atomic E-state index is 5.75. The lowest BCUT2D eigenvalue weighted by molar-refractivity contribution is 0.0281. The summed E-state index contributed by atoms with van der Waals surface area (Å²) >= 11 is 0. The number of nitrogens with two attached hydrogens (primary N) is 1. The van der Waals surface area contributed by atoms with Crippen LogP contribution in [0.4, 0.5) is 0 Å². The number of hydrogen-bond acceptors (Lipinski definition) is 4. The maximum Gasteiger partial charge on any atom is 0.0744 e. The predicted molar refractivity (Wildman–Crippen MR) is 69.4 cm³/mol. The van der Waals surface area contributed by atoms with Crippen LogP contribution in [0.1, 0.15) is 32.3 Å². The molecule has 4 nitrogen and oxygen atoms in total. The van der Waals surface area contributed by atoms with Crippen molar-refractivity contribution in [3.8, 4) is 0 Å². The van der Waals surface area contributed by atoms with E-state index in [1.807, 2.05) is 19.1 Å². The molecule has 0 aliphatic carbocycles. The van der Waals surface area contributed by atoms with Gasteiger partial charge in [0.05, 0.1) is 12.1 Å². The summed E-state index contributed by atoms with van der Waals surface area (Å²) in [6.45, 7) is 4.90. The third-order valence-corrected chi connectivity index (χ3v) is 2.82. The van der Waals surface area contributed by atoms with E-state index in [1.165, 1.54) is 5.56 Å². The van der Waals surface area contributed by atoms with Crippen LogP contribution in [0.2, 0.25) is 0 Å². The van der Waals surface area contributed by atoms with Gasteiger partial charge in [0.2, 0.25) is 0 Å². The lowest BCUT2D eigenvalue weighted by Crippen LogP contribution is -2.46. The topological polar surface area (TPSA) is 60.2 Å². The molecule has 0 amide bonds. The van der Waals surface area contributed by atoms with E-state index in [-0.39, 0.29) is 12.1 Å². The van der Waals surface area contributed by atoms with Gasteiger partial charge in [-0.1, -0.05) is 13.3 Å². The number of hydrazine groups is 1. The van der Waals surface area contributed by atoms with E-state index >= 15 is 0 Å². The molecule has 0 radical (unpaired) electrons. The van der Waals surface area contributed by atoms with Crippen molar-refractivity contribution in [2.24, 2.45) is 5.84 Å². The SMILES string of the molecule is CCCC(OCC)C(Cc1ccncc1)NN. The Morgan fingerprint density at radius 2 is 2.06 bits per heavy atom. The number of nitrogens with one attached hydrogen (secondary N) is 1. The second-order valence-electron chi connectivity index (χ2n) is 4.12. The Kier molecular flexibility index (Phi) is 6.77. The molecule has 0 saturated carbocycles. The second kappa shape index (κ2) is 8.17. The molecule has 0 saturated heterocycles. The highest BCUT2D eigenvalue weighted by atomic mass is 16.5. The molecule has 1 aromatic heterocycles. The highest BCUT2D eigenvalue weighted by molar-refractivity contribution is 5.11. The Labute approximate surface area is 104 Å². The third kappa shape index (κ3) is 4.81. The van der Waals surface area contributed by atoms with Gasteiger partial charge in [0.25, 0.3) is 0 Å². The molecule has 0 aliphatic heterocycles. The van der Waals surface area contributed by atoms with Gasteiger partial charge in [-0.3, -0.25) is 16.3 Å². The van der Waals surface area contributed by atoms with Crippen LogP contribution in [-0.2, 0) is 11.2 Å². The molecule has 17 heavy (non-hydrogen) atoms.